The maximum Gasteiger partial charge on any atom is 0.315 e. The summed E-state index contributed by atoms with van der Waals surface area (Å²) in [6, 6.07) is 9.48. The molecule has 0 bridgehead atoms. The van der Waals surface area contributed by atoms with E-state index in [0.717, 1.165) is 32.7 Å². The third-order valence-corrected chi connectivity index (χ3v) is 5.10. The average Bonchev–Trinajstić information content (AvgIpc) is 2.76. The van der Waals surface area contributed by atoms with Crippen LogP contribution in [0.4, 0.5) is 9.18 Å². The number of nitrogens with one attached hydrogen (secondary N) is 2. The zero-order valence-corrected chi connectivity index (χ0v) is 18.1. The van der Waals surface area contributed by atoms with Crippen molar-refractivity contribution in [1.29, 1.82) is 0 Å². The molecule has 1 unspecified atom stereocenters. The highest BCUT2D eigenvalue weighted by atomic mass is 19.1. The maximum absolute atomic E-state index is 13.4. The highest BCUT2D eigenvalue weighted by Crippen LogP contribution is 2.23. The van der Waals surface area contributed by atoms with Crippen LogP contribution >= 0.6 is 0 Å². The van der Waals surface area contributed by atoms with Crippen molar-refractivity contribution in [3.63, 3.8) is 0 Å². The lowest BCUT2D eigenvalue weighted by Crippen LogP contribution is -2.50. The zero-order valence-electron chi connectivity index (χ0n) is 18.1. The number of halogens is 1. The molecular formula is C23H31FN4O3. The molecule has 0 saturated carbocycles. The Hall–Kier alpha value is -2.71. The van der Waals surface area contributed by atoms with Crippen LogP contribution in [0, 0.1) is 11.7 Å². The van der Waals surface area contributed by atoms with Gasteiger partial charge in [0.05, 0.1) is 13.2 Å². The van der Waals surface area contributed by atoms with E-state index in [9.17, 15) is 9.18 Å². The lowest BCUT2D eigenvalue weighted by molar-refractivity contribution is 0.0129. The summed E-state index contributed by atoms with van der Waals surface area (Å²) in [6.45, 7) is 8.44. The molecule has 0 aliphatic carbocycles. The van der Waals surface area contributed by atoms with Crippen molar-refractivity contribution < 1.29 is 18.7 Å². The van der Waals surface area contributed by atoms with Crippen LogP contribution in [0.3, 0.4) is 0 Å². The molecule has 2 heterocycles. The van der Waals surface area contributed by atoms with Gasteiger partial charge in [-0.05, 0) is 30.5 Å². The van der Waals surface area contributed by atoms with E-state index in [1.54, 1.807) is 24.4 Å². The number of hydrogen-bond donors (Lipinski definition) is 2. The van der Waals surface area contributed by atoms with Crippen LogP contribution in [0.5, 0.6) is 11.6 Å². The molecular weight excluding hydrogens is 399 g/mol. The normalized spacial score (nSPS) is 15.5. The molecule has 2 amide bonds. The minimum Gasteiger partial charge on any atom is -0.439 e. The number of carbonyl (C=O) groups excluding carboxylic acids is 1. The van der Waals surface area contributed by atoms with Gasteiger partial charge in [-0.15, -0.1) is 0 Å². The predicted octanol–water partition coefficient (Wildman–Crippen LogP) is 3.56. The van der Waals surface area contributed by atoms with Gasteiger partial charge in [0.2, 0.25) is 5.88 Å². The van der Waals surface area contributed by atoms with Crippen LogP contribution in [0.25, 0.3) is 0 Å². The zero-order chi connectivity index (χ0) is 22.1. The lowest BCUT2D eigenvalue weighted by Gasteiger charge is -2.35. The molecule has 8 heteroatoms. The molecule has 31 heavy (non-hydrogen) atoms. The summed E-state index contributed by atoms with van der Waals surface area (Å²) in [6.07, 6.45) is 2.60. The molecule has 7 nitrogen and oxygen atoms in total. The Labute approximate surface area is 182 Å². The Bertz CT molecular complexity index is 843. The van der Waals surface area contributed by atoms with Gasteiger partial charge in [-0.25, -0.2) is 14.2 Å². The van der Waals surface area contributed by atoms with E-state index < -0.39 is 0 Å². The van der Waals surface area contributed by atoms with Crippen molar-refractivity contribution in [3.05, 3.63) is 54.0 Å². The number of pyridine rings is 1. The van der Waals surface area contributed by atoms with Crippen molar-refractivity contribution in [1.82, 2.24) is 20.5 Å². The largest absolute Gasteiger partial charge is 0.439 e. The molecule has 2 aromatic rings. The maximum atomic E-state index is 13.4. The fourth-order valence-corrected chi connectivity index (χ4v) is 3.59. The third-order valence-electron chi connectivity index (χ3n) is 5.10. The monoisotopic (exact) mass is 430 g/mol. The van der Waals surface area contributed by atoms with Crippen LogP contribution in [0.15, 0.2) is 42.6 Å². The van der Waals surface area contributed by atoms with Gasteiger partial charge >= 0.3 is 6.03 Å². The van der Waals surface area contributed by atoms with Gasteiger partial charge in [-0.1, -0.05) is 26.0 Å². The minimum atomic E-state index is -0.385. The Balaban J connectivity index is 1.53. The molecule has 2 N–H and O–H groups in total. The van der Waals surface area contributed by atoms with Gasteiger partial charge in [-0.2, -0.15) is 0 Å². The Morgan fingerprint density at radius 1 is 1.23 bits per heavy atom. The van der Waals surface area contributed by atoms with Gasteiger partial charge in [0.15, 0.2) is 0 Å². The number of ether oxygens (including phenoxy) is 2. The standard InChI is InChI=1S/C23H31FN4O3/c1-17(2)13-20(28-9-11-30-12-10-28)16-27-23(29)26-15-18-5-4-8-25-22(18)31-21-7-3-6-19(24)14-21/h3-8,14,17,20H,9-13,15-16H2,1-2H3,(H2,26,27,29). The average molecular weight is 431 g/mol. The molecule has 1 aliphatic heterocycles. The lowest BCUT2D eigenvalue weighted by atomic mass is 10.0. The summed E-state index contributed by atoms with van der Waals surface area (Å²) < 4.78 is 24.6. The van der Waals surface area contributed by atoms with Crippen LogP contribution < -0.4 is 15.4 Å². The van der Waals surface area contributed by atoms with Crippen molar-refractivity contribution in [3.8, 4) is 11.6 Å². The van der Waals surface area contributed by atoms with Gasteiger partial charge in [-0.3, -0.25) is 4.90 Å². The number of nitrogens with zero attached hydrogens (tertiary/aromatic N) is 2. The number of aromatic nitrogens is 1. The number of urea groups is 1. The molecule has 1 fully saturated rings. The topological polar surface area (TPSA) is 75.7 Å². The molecule has 1 aromatic heterocycles. The summed E-state index contributed by atoms with van der Waals surface area (Å²) in [7, 11) is 0. The third kappa shape index (κ3) is 7.48. The number of rotatable bonds is 9. The van der Waals surface area contributed by atoms with Crippen LogP contribution in [-0.4, -0.2) is 54.8 Å². The van der Waals surface area contributed by atoms with E-state index in [4.69, 9.17) is 9.47 Å². The van der Waals surface area contributed by atoms with Crippen LogP contribution in [0.1, 0.15) is 25.8 Å². The first kappa shape index (κ1) is 23.0. The molecule has 0 radical (unpaired) electrons. The Morgan fingerprint density at radius 2 is 2.03 bits per heavy atom. The molecule has 1 saturated heterocycles. The summed E-state index contributed by atoms with van der Waals surface area (Å²) >= 11 is 0. The van der Waals surface area contributed by atoms with E-state index in [1.807, 2.05) is 6.07 Å². The van der Waals surface area contributed by atoms with Crippen molar-refractivity contribution in [2.24, 2.45) is 5.92 Å². The fraction of sp³-hybridized carbons (Fsp3) is 0.478. The second kappa shape index (κ2) is 11.6. The number of hydrogen-bond acceptors (Lipinski definition) is 5. The quantitative estimate of drug-likeness (QED) is 0.636. The van der Waals surface area contributed by atoms with E-state index in [-0.39, 0.29) is 24.4 Å². The predicted molar refractivity (Wildman–Crippen MR) is 117 cm³/mol. The smallest absolute Gasteiger partial charge is 0.315 e. The molecule has 1 aliphatic rings. The number of amides is 2. The second-order valence-corrected chi connectivity index (χ2v) is 8.02. The summed E-state index contributed by atoms with van der Waals surface area (Å²) in [5.74, 6) is 0.838. The molecule has 168 valence electrons. The first-order chi connectivity index (χ1) is 15.0. The SMILES string of the molecule is CC(C)CC(CNC(=O)NCc1cccnc1Oc1cccc(F)c1)N1CCOCC1. The van der Waals surface area contributed by atoms with Crippen molar-refractivity contribution in [2.45, 2.75) is 32.9 Å². The van der Waals surface area contributed by atoms with Gasteiger partial charge in [0.1, 0.15) is 11.6 Å². The summed E-state index contributed by atoms with van der Waals surface area (Å²) in [5.41, 5.74) is 0.703. The molecule has 1 aromatic carbocycles. The summed E-state index contributed by atoms with van der Waals surface area (Å²) in [5, 5.41) is 5.85. The number of carbonyl (C=O) groups is 1. The highest BCUT2D eigenvalue weighted by molar-refractivity contribution is 5.73. The molecule has 3 rings (SSSR count). The Morgan fingerprint density at radius 3 is 2.77 bits per heavy atom. The van der Waals surface area contributed by atoms with Crippen LogP contribution in [-0.2, 0) is 11.3 Å². The van der Waals surface area contributed by atoms with Crippen molar-refractivity contribution in [2.75, 3.05) is 32.8 Å². The Kier molecular flexibility index (Phi) is 8.61. The second-order valence-electron chi connectivity index (χ2n) is 8.02. The highest BCUT2D eigenvalue weighted by Gasteiger charge is 2.22. The summed E-state index contributed by atoms with van der Waals surface area (Å²) in [4.78, 5) is 19.0. The van der Waals surface area contributed by atoms with E-state index >= 15 is 0 Å². The molecule has 1 atom stereocenters. The van der Waals surface area contributed by atoms with Gasteiger partial charge in [0, 0.05) is 50.0 Å². The molecule has 0 spiro atoms. The first-order valence-corrected chi connectivity index (χ1v) is 10.7. The minimum absolute atomic E-state index is 0.247. The first-order valence-electron chi connectivity index (χ1n) is 10.7. The van der Waals surface area contributed by atoms with Gasteiger partial charge < -0.3 is 20.1 Å². The fourth-order valence-electron chi connectivity index (χ4n) is 3.59. The van der Waals surface area contributed by atoms with E-state index in [2.05, 4.69) is 34.4 Å². The van der Waals surface area contributed by atoms with Crippen molar-refractivity contribution >= 4 is 6.03 Å². The van der Waals surface area contributed by atoms with Crippen LogP contribution in [0.2, 0.25) is 0 Å². The van der Waals surface area contributed by atoms with Gasteiger partial charge in [0.25, 0.3) is 0 Å². The van der Waals surface area contributed by atoms with E-state index in [0.29, 0.717) is 29.7 Å². The van der Waals surface area contributed by atoms with E-state index in [1.165, 1.54) is 12.1 Å². The number of morpholine rings is 1. The number of benzene rings is 1.